The van der Waals surface area contributed by atoms with Gasteiger partial charge in [-0.1, -0.05) is 35.9 Å². The highest BCUT2D eigenvalue weighted by atomic mass is 35.5. The van der Waals surface area contributed by atoms with Crippen LogP contribution in [0.5, 0.6) is 0 Å². The summed E-state index contributed by atoms with van der Waals surface area (Å²) in [4.78, 5) is 11.7. The Hall–Kier alpha value is -1.87. The zero-order valence-corrected chi connectivity index (χ0v) is 11.7. The number of aliphatic carboxylic acids is 1. The molecule has 2 aromatic carbocycles. The number of halogens is 2. The largest absolute Gasteiger partial charge is 0.481 e. The molecule has 2 rings (SSSR count). The molecule has 2 nitrogen and oxygen atoms in total. The van der Waals surface area contributed by atoms with Gasteiger partial charge in [0.2, 0.25) is 0 Å². The maximum absolute atomic E-state index is 12.9. The molecule has 0 heterocycles. The summed E-state index contributed by atoms with van der Waals surface area (Å²) < 4.78 is 12.9. The summed E-state index contributed by atoms with van der Waals surface area (Å²) in [5.41, 5.74) is 0.279. The van der Waals surface area contributed by atoms with Crippen LogP contribution in [-0.4, -0.2) is 11.1 Å². The van der Waals surface area contributed by atoms with E-state index >= 15 is 0 Å². The summed E-state index contributed by atoms with van der Waals surface area (Å²) in [6, 6.07) is 12.7. The lowest BCUT2D eigenvalue weighted by Gasteiger charge is -2.25. The Balaban J connectivity index is 2.39. The maximum atomic E-state index is 12.9. The highest BCUT2D eigenvalue weighted by Gasteiger charge is 2.35. The van der Waals surface area contributed by atoms with E-state index in [9.17, 15) is 14.3 Å². The van der Waals surface area contributed by atoms with Gasteiger partial charge in [-0.3, -0.25) is 4.79 Å². The molecule has 20 heavy (non-hydrogen) atoms. The highest BCUT2D eigenvalue weighted by molar-refractivity contribution is 6.30. The van der Waals surface area contributed by atoms with Crippen molar-refractivity contribution in [2.24, 2.45) is 0 Å². The molecule has 104 valence electrons. The molecular formula is C16H14ClFO2. The van der Waals surface area contributed by atoms with E-state index in [-0.39, 0.29) is 12.2 Å². The molecule has 1 atom stereocenters. The molecule has 0 amide bonds. The summed E-state index contributed by atoms with van der Waals surface area (Å²) in [5.74, 6) is -1.28. The van der Waals surface area contributed by atoms with Crippen molar-refractivity contribution in [2.45, 2.75) is 18.8 Å². The number of benzene rings is 2. The molecule has 0 saturated carbocycles. The van der Waals surface area contributed by atoms with Crippen LogP contribution in [0.2, 0.25) is 5.02 Å². The summed E-state index contributed by atoms with van der Waals surface area (Å²) in [6.07, 6.45) is 0.267. The smallest absolute Gasteiger partial charge is 0.314 e. The van der Waals surface area contributed by atoms with Gasteiger partial charge >= 0.3 is 5.97 Å². The van der Waals surface area contributed by atoms with Crippen LogP contribution in [0.1, 0.15) is 18.1 Å². The average Bonchev–Trinajstić information content (AvgIpc) is 2.41. The van der Waals surface area contributed by atoms with Crippen LogP contribution in [0.15, 0.2) is 48.5 Å². The second-order valence-electron chi connectivity index (χ2n) is 4.95. The Labute approximate surface area is 121 Å². The van der Waals surface area contributed by atoms with E-state index < -0.39 is 11.4 Å². The summed E-state index contributed by atoms with van der Waals surface area (Å²) in [5, 5.41) is 10.1. The molecule has 0 radical (unpaired) electrons. The Morgan fingerprint density at radius 3 is 2.45 bits per heavy atom. The molecule has 1 unspecified atom stereocenters. The molecule has 0 spiro atoms. The SMILES string of the molecule is CC(Cc1ccc(F)cc1)(C(=O)O)c1cccc(Cl)c1. The van der Waals surface area contributed by atoms with Crippen LogP contribution in [0.4, 0.5) is 4.39 Å². The standard InChI is InChI=1S/C16H14ClFO2/c1-16(15(19)20,12-3-2-4-13(17)9-12)10-11-5-7-14(18)8-6-11/h2-9H,10H2,1H3,(H,19,20). The Morgan fingerprint density at radius 1 is 1.25 bits per heavy atom. The van der Waals surface area contributed by atoms with Gasteiger partial charge in [-0.2, -0.15) is 0 Å². The van der Waals surface area contributed by atoms with E-state index in [0.29, 0.717) is 10.6 Å². The zero-order valence-electron chi connectivity index (χ0n) is 10.9. The van der Waals surface area contributed by atoms with Crippen molar-refractivity contribution in [2.75, 3.05) is 0 Å². The molecular weight excluding hydrogens is 279 g/mol. The molecule has 0 aromatic heterocycles. The van der Waals surface area contributed by atoms with Crippen LogP contribution in [0.3, 0.4) is 0 Å². The summed E-state index contributed by atoms with van der Waals surface area (Å²) in [7, 11) is 0. The summed E-state index contributed by atoms with van der Waals surface area (Å²) >= 11 is 5.94. The van der Waals surface area contributed by atoms with E-state index in [1.165, 1.54) is 12.1 Å². The van der Waals surface area contributed by atoms with Crippen molar-refractivity contribution < 1.29 is 14.3 Å². The second kappa shape index (κ2) is 5.63. The normalized spacial score (nSPS) is 13.8. The molecule has 0 aliphatic carbocycles. The van der Waals surface area contributed by atoms with Crippen LogP contribution < -0.4 is 0 Å². The number of carbonyl (C=O) groups is 1. The van der Waals surface area contributed by atoms with Crippen molar-refractivity contribution in [1.82, 2.24) is 0 Å². The first-order valence-electron chi connectivity index (χ1n) is 6.16. The molecule has 2 aromatic rings. The topological polar surface area (TPSA) is 37.3 Å². The number of carboxylic acids is 1. The van der Waals surface area contributed by atoms with E-state index in [1.807, 2.05) is 0 Å². The molecule has 4 heteroatoms. The molecule has 0 bridgehead atoms. The third kappa shape index (κ3) is 2.99. The third-order valence-corrected chi connectivity index (χ3v) is 3.64. The van der Waals surface area contributed by atoms with E-state index in [4.69, 9.17) is 11.6 Å². The fraction of sp³-hybridized carbons (Fsp3) is 0.188. The summed E-state index contributed by atoms with van der Waals surface area (Å²) in [6.45, 7) is 1.64. The van der Waals surface area contributed by atoms with Gasteiger partial charge in [0.25, 0.3) is 0 Å². The van der Waals surface area contributed by atoms with Gasteiger partial charge < -0.3 is 5.11 Å². The van der Waals surface area contributed by atoms with E-state index in [1.54, 1.807) is 43.3 Å². The fourth-order valence-corrected chi connectivity index (χ4v) is 2.33. The minimum atomic E-state index is -1.11. The Morgan fingerprint density at radius 2 is 1.90 bits per heavy atom. The Kier molecular flexibility index (Phi) is 4.09. The van der Waals surface area contributed by atoms with Crippen LogP contribution in [0.25, 0.3) is 0 Å². The van der Waals surface area contributed by atoms with Crippen LogP contribution in [-0.2, 0) is 16.6 Å². The number of hydrogen-bond acceptors (Lipinski definition) is 1. The highest BCUT2D eigenvalue weighted by Crippen LogP contribution is 2.30. The predicted molar refractivity (Wildman–Crippen MR) is 76.5 cm³/mol. The lowest BCUT2D eigenvalue weighted by molar-refractivity contribution is -0.143. The van der Waals surface area contributed by atoms with Crippen molar-refractivity contribution in [3.05, 3.63) is 70.5 Å². The monoisotopic (exact) mass is 292 g/mol. The number of hydrogen-bond donors (Lipinski definition) is 1. The fourth-order valence-electron chi connectivity index (χ4n) is 2.14. The van der Waals surface area contributed by atoms with Gasteiger partial charge in [-0.15, -0.1) is 0 Å². The van der Waals surface area contributed by atoms with Gasteiger partial charge in [0.1, 0.15) is 5.82 Å². The minimum Gasteiger partial charge on any atom is -0.481 e. The minimum absolute atomic E-state index is 0.267. The number of carboxylic acid groups (broad SMARTS) is 1. The van der Waals surface area contributed by atoms with Gasteiger partial charge in [-0.25, -0.2) is 4.39 Å². The van der Waals surface area contributed by atoms with Crippen molar-refractivity contribution >= 4 is 17.6 Å². The van der Waals surface area contributed by atoms with Crippen LogP contribution >= 0.6 is 11.6 Å². The maximum Gasteiger partial charge on any atom is 0.314 e. The molecule has 0 aliphatic heterocycles. The second-order valence-corrected chi connectivity index (χ2v) is 5.39. The van der Waals surface area contributed by atoms with Crippen molar-refractivity contribution in [1.29, 1.82) is 0 Å². The molecule has 0 fully saturated rings. The van der Waals surface area contributed by atoms with Crippen LogP contribution in [0, 0.1) is 5.82 Å². The number of rotatable bonds is 4. The predicted octanol–water partition coefficient (Wildman–Crippen LogP) is 4.06. The van der Waals surface area contributed by atoms with Crippen molar-refractivity contribution in [3.63, 3.8) is 0 Å². The third-order valence-electron chi connectivity index (χ3n) is 3.40. The zero-order chi connectivity index (χ0) is 14.8. The van der Waals surface area contributed by atoms with Gasteiger partial charge in [0.15, 0.2) is 0 Å². The van der Waals surface area contributed by atoms with Gasteiger partial charge in [0.05, 0.1) is 5.41 Å². The quantitative estimate of drug-likeness (QED) is 0.922. The average molecular weight is 293 g/mol. The van der Waals surface area contributed by atoms with Gasteiger partial charge in [-0.05, 0) is 48.7 Å². The first-order valence-corrected chi connectivity index (χ1v) is 6.53. The first-order chi connectivity index (χ1) is 9.41. The Bertz CT molecular complexity index is 625. The van der Waals surface area contributed by atoms with E-state index in [2.05, 4.69) is 0 Å². The van der Waals surface area contributed by atoms with Gasteiger partial charge in [0, 0.05) is 5.02 Å². The molecule has 0 saturated heterocycles. The first kappa shape index (κ1) is 14.5. The molecule has 1 N–H and O–H groups in total. The lowest BCUT2D eigenvalue weighted by Crippen LogP contribution is -2.34. The molecule has 0 aliphatic rings. The van der Waals surface area contributed by atoms with Crippen molar-refractivity contribution in [3.8, 4) is 0 Å². The lowest BCUT2D eigenvalue weighted by atomic mass is 9.77. The van der Waals surface area contributed by atoms with E-state index in [0.717, 1.165) is 5.56 Å².